The van der Waals surface area contributed by atoms with Crippen LogP contribution in [0.1, 0.15) is 34.8 Å². The first-order valence-corrected chi connectivity index (χ1v) is 8.78. The summed E-state index contributed by atoms with van der Waals surface area (Å²) in [6, 6.07) is 15.5. The third-order valence-electron chi connectivity index (χ3n) is 4.76. The molecule has 4 nitrogen and oxygen atoms in total. The maximum atomic E-state index is 12.7. The van der Waals surface area contributed by atoms with Crippen LogP contribution in [0.4, 0.5) is 0 Å². The van der Waals surface area contributed by atoms with Crippen LogP contribution in [0, 0.1) is 12.8 Å². The molecule has 1 heterocycles. The Labute approximate surface area is 149 Å². The van der Waals surface area contributed by atoms with Crippen LogP contribution < -0.4 is 4.74 Å². The average molecular weight is 339 g/mol. The lowest BCUT2D eigenvalue weighted by atomic mass is 10.0. The highest BCUT2D eigenvalue weighted by Crippen LogP contribution is 2.23. The van der Waals surface area contributed by atoms with E-state index in [9.17, 15) is 9.90 Å². The van der Waals surface area contributed by atoms with Crippen molar-refractivity contribution in [2.24, 2.45) is 5.92 Å². The molecule has 4 heteroatoms. The fourth-order valence-electron chi connectivity index (χ4n) is 3.24. The summed E-state index contributed by atoms with van der Waals surface area (Å²) in [5.41, 5.74) is 2.94. The molecule has 1 aliphatic heterocycles. The van der Waals surface area contributed by atoms with Crippen LogP contribution in [0.3, 0.4) is 0 Å². The van der Waals surface area contributed by atoms with Crippen LogP contribution in [0.2, 0.25) is 0 Å². The van der Waals surface area contributed by atoms with Crippen molar-refractivity contribution in [3.63, 3.8) is 0 Å². The van der Waals surface area contributed by atoms with Gasteiger partial charge in [-0.05, 0) is 44.0 Å². The van der Waals surface area contributed by atoms with Gasteiger partial charge in [0.05, 0.1) is 6.10 Å². The second-order valence-corrected chi connectivity index (χ2v) is 6.85. The highest BCUT2D eigenvalue weighted by atomic mass is 16.5. The Morgan fingerprint density at radius 2 is 2.08 bits per heavy atom. The summed E-state index contributed by atoms with van der Waals surface area (Å²) in [6.45, 7) is 5.64. The summed E-state index contributed by atoms with van der Waals surface area (Å²) in [5.74, 6) is 0.868. The molecule has 1 amide bonds. The van der Waals surface area contributed by atoms with Gasteiger partial charge in [-0.25, -0.2) is 0 Å². The molecule has 0 saturated carbocycles. The Balaban J connectivity index is 1.64. The molecule has 1 N–H and O–H groups in total. The minimum absolute atomic E-state index is 0.00385. The fourth-order valence-corrected chi connectivity index (χ4v) is 3.24. The number of amides is 1. The van der Waals surface area contributed by atoms with Gasteiger partial charge in [0, 0.05) is 24.6 Å². The van der Waals surface area contributed by atoms with Crippen molar-refractivity contribution in [3.05, 3.63) is 65.2 Å². The van der Waals surface area contributed by atoms with Gasteiger partial charge in [0.2, 0.25) is 0 Å². The molecule has 1 saturated heterocycles. The lowest BCUT2D eigenvalue weighted by Crippen LogP contribution is -2.30. The van der Waals surface area contributed by atoms with Gasteiger partial charge >= 0.3 is 0 Å². The number of carbonyl (C=O) groups is 1. The predicted octanol–water partition coefficient (Wildman–Crippen LogP) is 3.42. The van der Waals surface area contributed by atoms with Gasteiger partial charge < -0.3 is 14.7 Å². The Morgan fingerprint density at radius 3 is 2.80 bits per heavy atom. The van der Waals surface area contributed by atoms with Crippen LogP contribution >= 0.6 is 0 Å². The largest absolute Gasteiger partial charge is 0.489 e. The third-order valence-corrected chi connectivity index (χ3v) is 4.76. The number of nitrogens with zero attached hydrogens (tertiary/aromatic N) is 1. The van der Waals surface area contributed by atoms with Gasteiger partial charge in [-0.1, -0.05) is 35.9 Å². The number of aliphatic hydroxyl groups is 1. The number of carbonyl (C=O) groups excluding carboxylic acids is 1. The number of benzene rings is 2. The van der Waals surface area contributed by atoms with Gasteiger partial charge in [-0.15, -0.1) is 0 Å². The van der Waals surface area contributed by atoms with Gasteiger partial charge in [-0.3, -0.25) is 4.79 Å². The summed E-state index contributed by atoms with van der Waals surface area (Å²) >= 11 is 0. The molecule has 25 heavy (non-hydrogen) atoms. The summed E-state index contributed by atoms with van der Waals surface area (Å²) in [7, 11) is 0. The number of aliphatic hydroxyl groups excluding tert-OH is 1. The van der Waals surface area contributed by atoms with Crippen LogP contribution in [0.15, 0.2) is 48.5 Å². The van der Waals surface area contributed by atoms with Crippen LogP contribution in [-0.2, 0) is 6.61 Å². The third kappa shape index (κ3) is 4.40. The van der Waals surface area contributed by atoms with E-state index in [-0.39, 0.29) is 17.9 Å². The highest BCUT2D eigenvalue weighted by Gasteiger charge is 2.29. The van der Waals surface area contributed by atoms with E-state index in [1.165, 1.54) is 5.56 Å². The number of hydrogen-bond donors (Lipinski definition) is 1. The van der Waals surface area contributed by atoms with E-state index in [0.29, 0.717) is 31.0 Å². The molecular weight excluding hydrogens is 314 g/mol. The minimum Gasteiger partial charge on any atom is -0.489 e. The monoisotopic (exact) mass is 339 g/mol. The Kier molecular flexibility index (Phi) is 5.39. The molecule has 132 valence electrons. The zero-order chi connectivity index (χ0) is 17.8. The van der Waals surface area contributed by atoms with Crippen molar-refractivity contribution >= 4 is 5.91 Å². The number of hydrogen-bond acceptors (Lipinski definition) is 3. The predicted molar refractivity (Wildman–Crippen MR) is 97.6 cm³/mol. The average Bonchev–Trinajstić information content (AvgIpc) is 3.10. The summed E-state index contributed by atoms with van der Waals surface area (Å²) < 4.78 is 5.85. The topological polar surface area (TPSA) is 49.8 Å². The Hall–Kier alpha value is -2.33. The molecule has 3 rings (SSSR count). The van der Waals surface area contributed by atoms with Gasteiger partial charge in [0.25, 0.3) is 5.91 Å². The maximum Gasteiger partial charge on any atom is 0.253 e. The number of aryl methyl sites for hydroxylation is 1. The molecular formula is C21H25NO3. The molecule has 0 radical (unpaired) electrons. The first-order chi connectivity index (χ1) is 12.0. The molecule has 1 fully saturated rings. The zero-order valence-corrected chi connectivity index (χ0v) is 14.8. The van der Waals surface area contributed by atoms with E-state index in [2.05, 4.69) is 19.1 Å². The SMILES string of the molecule is Cc1cccc(COc2cccc(C(=O)N3CCC(C(C)O)C3)c2)c1. The molecule has 2 aromatic carbocycles. The van der Waals surface area contributed by atoms with Gasteiger partial charge in [-0.2, -0.15) is 0 Å². The van der Waals surface area contributed by atoms with E-state index in [0.717, 1.165) is 12.0 Å². The second kappa shape index (κ2) is 7.70. The van der Waals surface area contributed by atoms with E-state index < -0.39 is 0 Å². The van der Waals surface area contributed by atoms with Crippen molar-refractivity contribution in [3.8, 4) is 5.75 Å². The smallest absolute Gasteiger partial charge is 0.253 e. The molecule has 0 aliphatic carbocycles. The minimum atomic E-state index is -0.373. The normalized spacial score (nSPS) is 18.2. The van der Waals surface area contributed by atoms with Crippen LogP contribution in [-0.4, -0.2) is 35.1 Å². The second-order valence-electron chi connectivity index (χ2n) is 6.85. The molecule has 1 aliphatic rings. The molecule has 0 bridgehead atoms. The van der Waals surface area contributed by atoms with E-state index in [4.69, 9.17) is 4.74 Å². The lowest BCUT2D eigenvalue weighted by Gasteiger charge is -2.18. The first-order valence-electron chi connectivity index (χ1n) is 8.78. The van der Waals surface area contributed by atoms with Crippen molar-refractivity contribution in [1.29, 1.82) is 0 Å². The van der Waals surface area contributed by atoms with Crippen molar-refractivity contribution in [1.82, 2.24) is 4.90 Å². The zero-order valence-electron chi connectivity index (χ0n) is 14.8. The molecule has 2 atom stereocenters. The van der Waals surface area contributed by atoms with Gasteiger partial charge in [0.15, 0.2) is 0 Å². The summed E-state index contributed by atoms with van der Waals surface area (Å²) in [4.78, 5) is 14.5. The summed E-state index contributed by atoms with van der Waals surface area (Å²) in [6.07, 6.45) is 0.481. The Morgan fingerprint density at radius 1 is 1.28 bits per heavy atom. The van der Waals surface area contributed by atoms with E-state index in [1.54, 1.807) is 13.0 Å². The van der Waals surface area contributed by atoms with Crippen molar-refractivity contribution in [2.75, 3.05) is 13.1 Å². The standard InChI is InChI=1S/C21H25NO3/c1-15-5-3-6-17(11-15)14-25-20-8-4-7-18(12-20)21(24)22-10-9-19(13-22)16(2)23/h3-8,11-12,16,19,23H,9-10,13-14H2,1-2H3. The fraction of sp³-hybridized carbons (Fsp3) is 0.381. The number of ether oxygens (including phenoxy) is 1. The number of likely N-dealkylation sites (tertiary alicyclic amines) is 1. The molecule has 0 aromatic heterocycles. The molecule has 0 spiro atoms. The number of rotatable bonds is 5. The van der Waals surface area contributed by atoms with E-state index in [1.807, 2.05) is 35.2 Å². The van der Waals surface area contributed by atoms with Gasteiger partial charge in [0.1, 0.15) is 12.4 Å². The maximum absolute atomic E-state index is 12.7. The van der Waals surface area contributed by atoms with E-state index >= 15 is 0 Å². The van der Waals surface area contributed by atoms with Crippen molar-refractivity contribution in [2.45, 2.75) is 33.0 Å². The van der Waals surface area contributed by atoms with Crippen LogP contribution in [0.5, 0.6) is 5.75 Å². The quantitative estimate of drug-likeness (QED) is 0.908. The van der Waals surface area contributed by atoms with Crippen LogP contribution in [0.25, 0.3) is 0 Å². The molecule has 2 unspecified atom stereocenters. The molecule has 2 aromatic rings. The first kappa shape index (κ1) is 17.5. The van der Waals surface area contributed by atoms with Crippen molar-refractivity contribution < 1.29 is 14.6 Å². The Bertz CT molecular complexity index is 741. The summed E-state index contributed by atoms with van der Waals surface area (Å²) in [5, 5.41) is 9.71. The lowest BCUT2D eigenvalue weighted by molar-refractivity contribution is 0.0762. The highest BCUT2D eigenvalue weighted by molar-refractivity contribution is 5.94.